The van der Waals surface area contributed by atoms with Crippen LogP contribution < -0.4 is 5.32 Å². The van der Waals surface area contributed by atoms with E-state index in [-0.39, 0.29) is 44.3 Å². The predicted octanol–water partition coefficient (Wildman–Crippen LogP) is -2.83. The van der Waals surface area contributed by atoms with Crippen LogP contribution in [0.1, 0.15) is 42.1 Å². The van der Waals surface area contributed by atoms with E-state index in [0.29, 0.717) is 83.7 Å². The van der Waals surface area contributed by atoms with E-state index < -0.39 is 60.2 Å². The quantitative estimate of drug-likeness (QED) is 0.217. The number of nitrogens with zero attached hydrogens (tertiary/aromatic N) is 5. The number of hydrogen-bond donors (Lipinski definition) is 3. The Morgan fingerprint density at radius 3 is 1.84 bits per heavy atom. The zero-order valence-corrected chi connectivity index (χ0v) is 31.4. The number of likely N-dealkylation sites (tertiary alicyclic amines) is 1. The molecule has 2 amide bonds. The first-order valence-corrected chi connectivity index (χ1v) is 20.5. The van der Waals surface area contributed by atoms with Crippen molar-refractivity contribution in [3.05, 3.63) is 35.4 Å². The maximum absolute atomic E-state index is 13.2. The molecular formula is C32H46BGaN6O11. The van der Waals surface area contributed by atoms with Crippen LogP contribution in [0.5, 0.6) is 0 Å². The summed E-state index contributed by atoms with van der Waals surface area (Å²) in [6.07, 6.45) is 1.87. The van der Waals surface area contributed by atoms with E-state index in [1.165, 1.54) is 4.90 Å². The number of amides is 2. The molecule has 4 aliphatic heterocycles. The topological polar surface area (TPSA) is 199 Å². The Balaban J connectivity index is 1.15. The van der Waals surface area contributed by atoms with Crippen LogP contribution in [0.2, 0.25) is 0 Å². The normalized spacial score (nSPS) is 25.7. The van der Waals surface area contributed by atoms with Crippen molar-refractivity contribution in [3.63, 3.8) is 0 Å². The van der Waals surface area contributed by atoms with Gasteiger partial charge in [0.1, 0.15) is 6.04 Å². The van der Waals surface area contributed by atoms with E-state index in [1.807, 2.05) is 19.6 Å². The number of aryl methyl sites for hydroxylation is 1. The maximum atomic E-state index is 13.2. The second kappa shape index (κ2) is 18.5. The van der Waals surface area contributed by atoms with Crippen molar-refractivity contribution in [2.45, 2.75) is 44.6 Å². The van der Waals surface area contributed by atoms with Gasteiger partial charge in [0.25, 0.3) is 5.91 Å². The van der Waals surface area contributed by atoms with E-state index in [0.717, 1.165) is 5.56 Å². The molecule has 0 saturated carbocycles. The molecule has 4 aliphatic rings. The summed E-state index contributed by atoms with van der Waals surface area (Å²) in [6, 6.07) is 5.98. The van der Waals surface area contributed by atoms with Crippen LogP contribution in [-0.2, 0) is 41.0 Å². The number of benzene rings is 1. The van der Waals surface area contributed by atoms with Crippen molar-refractivity contribution in [2.75, 3.05) is 85.1 Å². The Morgan fingerprint density at radius 1 is 0.824 bits per heavy atom. The third kappa shape index (κ3) is 11.6. The Labute approximate surface area is 303 Å². The number of carbonyl (C=O) groups is 6. The van der Waals surface area contributed by atoms with Gasteiger partial charge in [0.05, 0.1) is 5.94 Å². The average molecular weight is 771 g/mol. The predicted molar refractivity (Wildman–Crippen MR) is 181 cm³/mol. The first-order valence-electron chi connectivity index (χ1n) is 17.5. The zero-order valence-electron chi connectivity index (χ0n) is 28.9. The average Bonchev–Trinajstić information content (AvgIpc) is 3.57. The van der Waals surface area contributed by atoms with Crippen LogP contribution in [0.3, 0.4) is 0 Å². The molecule has 4 heterocycles. The van der Waals surface area contributed by atoms with Crippen LogP contribution in [0, 0.1) is 0 Å². The number of rotatable bonds is 9. The van der Waals surface area contributed by atoms with Gasteiger partial charge in [0, 0.05) is 12.1 Å². The molecule has 3 N–H and O–H groups in total. The van der Waals surface area contributed by atoms with Crippen LogP contribution in [0.4, 0.5) is 0 Å². The summed E-state index contributed by atoms with van der Waals surface area (Å²) in [5, 5.41) is 21.8. The molecule has 276 valence electrons. The summed E-state index contributed by atoms with van der Waals surface area (Å²) < 4.78 is 16.1. The van der Waals surface area contributed by atoms with Crippen molar-refractivity contribution in [1.29, 1.82) is 0 Å². The Bertz CT molecular complexity index is 1400. The number of carbonyl (C=O) groups excluding carboxylic acids is 6. The van der Waals surface area contributed by atoms with Gasteiger partial charge in [-0.05, 0) is 31.9 Å². The van der Waals surface area contributed by atoms with Gasteiger partial charge in [-0.1, -0.05) is 12.1 Å². The van der Waals surface area contributed by atoms with E-state index in [1.54, 1.807) is 31.2 Å². The molecule has 2 unspecified atom stereocenters. The fraction of sp³-hybridized carbons (Fsp3) is 0.625. The standard InChI is InChI=1S/C32H49BN6O11.Ga/c1-23(32(48)39-10-2-3-27(39)33(49)50)34-31(47)25-7-4-24(5-8-25)6-9-26(40)19-35-11-13-36(20-28(41)42)15-17-38(22-30(45)46)18-16-37(14-12-35)21-29(43)44;/h4-5,7-8,23,27,49-50H,2-3,6,9-22H2,1H3,(H,34,47)(H,41,42)(H,43,44)(H,45,46);/q;+3/p-3/t23-,27+;/m1./s1. The van der Waals surface area contributed by atoms with Gasteiger partial charge in [0.15, 0.2) is 0 Å². The van der Waals surface area contributed by atoms with Gasteiger partial charge in [-0.15, -0.1) is 0 Å². The van der Waals surface area contributed by atoms with E-state index in [4.69, 9.17) is 10.6 Å². The molecule has 4 atom stereocenters. The molecule has 5 rings (SSSR count). The molecule has 0 radical (unpaired) electrons. The summed E-state index contributed by atoms with van der Waals surface area (Å²) in [4.78, 5) is 86.2. The Morgan fingerprint density at radius 2 is 1.33 bits per heavy atom. The molecule has 51 heavy (non-hydrogen) atoms. The summed E-state index contributed by atoms with van der Waals surface area (Å²) in [6.45, 7) is 6.01. The summed E-state index contributed by atoms with van der Waals surface area (Å²) in [7, 11) is -1.63. The van der Waals surface area contributed by atoms with Crippen molar-refractivity contribution >= 4 is 59.9 Å². The molecule has 0 spiro atoms. The monoisotopic (exact) mass is 770 g/mol. The largest absolute Gasteiger partial charge is 0.475 e. The summed E-state index contributed by atoms with van der Waals surface area (Å²) >= 11 is -3.93. The Hall–Kier alpha value is -3.30. The van der Waals surface area contributed by atoms with Crippen molar-refractivity contribution in [2.24, 2.45) is 0 Å². The smallest absolute Gasteiger partial charge is 0.426 e. The minimum absolute atomic E-state index is 0.00701. The first-order chi connectivity index (χ1) is 24.4. The second-order valence-corrected chi connectivity index (χ2v) is 16.1. The summed E-state index contributed by atoms with van der Waals surface area (Å²) in [5.41, 5.74) is 1.22. The molecule has 0 aliphatic carbocycles. The number of ketones is 1. The molecule has 4 bridgehead atoms. The molecular weight excluding hydrogens is 725 g/mol. The van der Waals surface area contributed by atoms with E-state index in [2.05, 4.69) is 5.32 Å². The van der Waals surface area contributed by atoms with Crippen LogP contribution in [0.25, 0.3) is 0 Å². The summed E-state index contributed by atoms with van der Waals surface area (Å²) in [5.74, 6) is -3.28. The first kappa shape index (κ1) is 38.9. The number of Topliss-reactive ketones (excluding diaryl/α,β-unsaturated/α-hetero) is 1. The molecule has 1 aromatic rings. The molecule has 17 nitrogen and oxygen atoms in total. The van der Waals surface area contributed by atoms with Gasteiger partial charge in [-0.25, -0.2) is 0 Å². The molecule has 1 aromatic carbocycles. The molecule has 0 aromatic heterocycles. The maximum Gasteiger partial charge on any atom is 0.475 e. The van der Waals surface area contributed by atoms with Gasteiger partial charge >= 0.3 is 194 Å². The van der Waals surface area contributed by atoms with Gasteiger partial charge < -0.3 is 20.3 Å². The van der Waals surface area contributed by atoms with Crippen LogP contribution >= 0.6 is 0 Å². The van der Waals surface area contributed by atoms with Crippen LogP contribution in [-0.4, -0.2) is 192 Å². The molecule has 19 heteroatoms. The fourth-order valence-corrected chi connectivity index (χ4v) is 8.79. The van der Waals surface area contributed by atoms with Gasteiger partial charge in [-0.3, -0.25) is 9.59 Å². The van der Waals surface area contributed by atoms with Crippen molar-refractivity contribution in [1.82, 2.24) is 29.8 Å². The van der Waals surface area contributed by atoms with Crippen LogP contribution in [0.15, 0.2) is 24.3 Å². The number of fused-ring (bicyclic) bond motifs is 7. The van der Waals surface area contributed by atoms with Gasteiger partial charge in [0.2, 0.25) is 5.91 Å². The SMILES string of the molecule is C[C@@H](NC(=O)c1ccc(CCC(=O)CN2CCN3CCN4CCN(CC2)CC(=O)[O][Ga]([O]C(=O)C3)[O]C(=O)C4)cc1)C(=O)N1CCC[C@H]1B(O)O. The number of nitrogens with one attached hydrogen (secondary N) is 1. The molecule has 4 fully saturated rings. The van der Waals surface area contributed by atoms with E-state index in [9.17, 15) is 38.8 Å². The third-order valence-corrected chi connectivity index (χ3v) is 12.5. The van der Waals surface area contributed by atoms with Crippen molar-refractivity contribution < 1.29 is 49.4 Å². The number of hydrogen-bond acceptors (Lipinski definition) is 15. The third-order valence-electron chi connectivity index (χ3n) is 9.62. The zero-order chi connectivity index (χ0) is 36.5. The van der Waals surface area contributed by atoms with Crippen molar-refractivity contribution in [3.8, 4) is 0 Å². The minimum atomic E-state index is -3.93. The minimum Gasteiger partial charge on any atom is -0.426 e. The van der Waals surface area contributed by atoms with E-state index >= 15 is 0 Å². The fourth-order valence-electron chi connectivity index (χ4n) is 6.67. The second-order valence-electron chi connectivity index (χ2n) is 13.4. The Kier molecular flexibility index (Phi) is 14.1. The molecule has 4 saturated heterocycles. The van der Waals surface area contributed by atoms with Gasteiger partial charge in [-0.2, -0.15) is 0 Å².